The molecule has 2 N–H and O–H groups in total. The molecular weight excluding hydrogens is 246 g/mol. The van der Waals surface area contributed by atoms with Crippen molar-refractivity contribution >= 4 is 21.4 Å². The quantitative estimate of drug-likeness (QED) is 0.839. The highest BCUT2D eigenvalue weighted by Crippen LogP contribution is 2.07. The smallest absolute Gasteiger partial charge is 0.243 e. The third-order valence-electron chi connectivity index (χ3n) is 2.07. The topological polar surface area (TPSA) is 74.8 Å². The van der Waals surface area contributed by atoms with E-state index in [4.69, 9.17) is 0 Å². The van der Waals surface area contributed by atoms with Gasteiger partial charge >= 0.3 is 0 Å². The van der Waals surface area contributed by atoms with Gasteiger partial charge in [0.2, 0.25) is 10.0 Å². The Morgan fingerprint density at radius 2 is 2.38 bits per heavy atom. The Kier molecular flexibility index (Phi) is 3.37. The van der Waals surface area contributed by atoms with Crippen LogP contribution in [0.1, 0.15) is 5.56 Å². The predicted octanol–water partition coefficient (Wildman–Crippen LogP) is 0.992. The highest BCUT2D eigenvalue weighted by molar-refractivity contribution is 7.89. The van der Waals surface area contributed by atoms with Gasteiger partial charge in [-0.2, -0.15) is 16.4 Å². The summed E-state index contributed by atoms with van der Waals surface area (Å²) in [5, 5.41) is 10.1. The number of aromatic amines is 1. The summed E-state index contributed by atoms with van der Waals surface area (Å²) in [5.41, 5.74) is 1.14. The first-order valence-electron chi connectivity index (χ1n) is 4.68. The lowest BCUT2D eigenvalue weighted by Gasteiger charge is -2.02. The number of nitrogens with one attached hydrogen (secondary N) is 2. The summed E-state index contributed by atoms with van der Waals surface area (Å²) in [6.07, 6.45) is 3.33. The molecule has 2 rings (SSSR count). The molecule has 0 aliphatic rings. The molecule has 0 aliphatic heterocycles. The van der Waals surface area contributed by atoms with E-state index in [0.717, 1.165) is 5.56 Å². The largest absolute Gasteiger partial charge is 0.284 e. The van der Waals surface area contributed by atoms with Gasteiger partial charge in [-0.3, -0.25) is 5.10 Å². The van der Waals surface area contributed by atoms with Gasteiger partial charge in [-0.1, -0.05) is 0 Å². The molecule has 0 aliphatic carbocycles. The van der Waals surface area contributed by atoms with Crippen LogP contribution in [0.2, 0.25) is 0 Å². The lowest BCUT2D eigenvalue weighted by molar-refractivity contribution is 0.582. The van der Waals surface area contributed by atoms with Crippen LogP contribution < -0.4 is 4.72 Å². The van der Waals surface area contributed by atoms with Crippen molar-refractivity contribution < 1.29 is 8.42 Å². The third-order valence-corrected chi connectivity index (χ3v) is 4.23. The minimum atomic E-state index is -3.41. The van der Waals surface area contributed by atoms with E-state index in [1.165, 1.54) is 12.4 Å². The maximum absolute atomic E-state index is 11.7. The molecule has 0 spiro atoms. The lowest BCUT2D eigenvalue weighted by Crippen LogP contribution is -2.25. The molecule has 0 saturated heterocycles. The van der Waals surface area contributed by atoms with Crippen molar-refractivity contribution in [2.75, 3.05) is 6.54 Å². The van der Waals surface area contributed by atoms with Crippen molar-refractivity contribution in [3.8, 4) is 0 Å². The van der Waals surface area contributed by atoms with Crippen LogP contribution >= 0.6 is 11.3 Å². The number of thiophene rings is 1. The SMILES string of the molecule is O=S(=O)(NCCc1ccsc1)c1cn[nH]c1. The van der Waals surface area contributed by atoms with Crippen LogP contribution in [0.25, 0.3) is 0 Å². The van der Waals surface area contributed by atoms with Crippen LogP contribution in [0.15, 0.2) is 34.1 Å². The number of hydrogen-bond acceptors (Lipinski definition) is 4. The van der Waals surface area contributed by atoms with Crippen molar-refractivity contribution in [2.45, 2.75) is 11.3 Å². The monoisotopic (exact) mass is 257 g/mol. The van der Waals surface area contributed by atoms with E-state index in [2.05, 4.69) is 14.9 Å². The fourth-order valence-corrected chi connectivity index (χ4v) is 2.87. The van der Waals surface area contributed by atoms with E-state index < -0.39 is 10.0 Å². The number of nitrogens with zero attached hydrogens (tertiary/aromatic N) is 1. The zero-order valence-corrected chi connectivity index (χ0v) is 10.0. The molecule has 86 valence electrons. The minimum Gasteiger partial charge on any atom is -0.284 e. The average molecular weight is 257 g/mol. The summed E-state index contributed by atoms with van der Waals surface area (Å²) >= 11 is 1.60. The second-order valence-electron chi connectivity index (χ2n) is 3.21. The molecular formula is C9H11N3O2S2. The normalized spacial score (nSPS) is 11.8. The van der Waals surface area contributed by atoms with Crippen molar-refractivity contribution in [2.24, 2.45) is 0 Å². The Bertz CT molecular complexity index is 517. The average Bonchev–Trinajstić information content (AvgIpc) is 2.90. The Balaban J connectivity index is 1.91. The summed E-state index contributed by atoms with van der Waals surface area (Å²) in [6, 6.07) is 1.98. The second-order valence-corrected chi connectivity index (χ2v) is 5.76. The van der Waals surface area contributed by atoms with Crippen LogP contribution in [0.5, 0.6) is 0 Å². The van der Waals surface area contributed by atoms with Crippen LogP contribution in [0, 0.1) is 0 Å². The number of aromatic nitrogens is 2. The van der Waals surface area contributed by atoms with Gasteiger partial charge in [0, 0.05) is 12.7 Å². The summed E-state index contributed by atoms with van der Waals surface area (Å²) in [4.78, 5) is 0.165. The van der Waals surface area contributed by atoms with Gasteiger partial charge < -0.3 is 0 Å². The minimum absolute atomic E-state index is 0.165. The number of H-pyrrole nitrogens is 1. The van der Waals surface area contributed by atoms with Crippen LogP contribution in [0.4, 0.5) is 0 Å². The Hall–Kier alpha value is -1.18. The maximum atomic E-state index is 11.7. The zero-order valence-electron chi connectivity index (χ0n) is 8.38. The molecule has 0 saturated carbocycles. The van der Waals surface area contributed by atoms with E-state index in [1.54, 1.807) is 11.3 Å². The van der Waals surface area contributed by atoms with Gasteiger partial charge in [0.05, 0.1) is 6.20 Å². The van der Waals surface area contributed by atoms with Gasteiger partial charge in [-0.25, -0.2) is 13.1 Å². The molecule has 5 nitrogen and oxygen atoms in total. The fourth-order valence-electron chi connectivity index (χ4n) is 1.23. The Morgan fingerprint density at radius 1 is 1.50 bits per heavy atom. The Labute approximate surface area is 97.6 Å². The first kappa shape index (κ1) is 11.3. The second kappa shape index (κ2) is 4.77. The molecule has 0 bridgehead atoms. The molecule has 16 heavy (non-hydrogen) atoms. The summed E-state index contributed by atoms with van der Waals surface area (Å²) < 4.78 is 25.8. The molecule has 2 aromatic rings. The van der Waals surface area contributed by atoms with Crippen LogP contribution in [-0.2, 0) is 16.4 Å². The van der Waals surface area contributed by atoms with Gasteiger partial charge in [-0.15, -0.1) is 0 Å². The molecule has 2 aromatic heterocycles. The third kappa shape index (κ3) is 2.69. The van der Waals surface area contributed by atoms with Crippen molar-refractivity contribution in [3.63, 3.8) is 0 Å². The molecule has 0 atom stereocenters. The summed E-state index contributed by atoms with van der Waals surface area (Å²) in [7, 11) is -3.41. The van der Waals surface area contributed by atoms with Crippen LogP contribution in [-0.4, -0.2) is 25.2 Å². The van der Waals surface area contributed by atoms with E-state index in [1.807, 2.05) is 16.8 Å². The standard InChI is InChI=1S/C9H11N3O2S2/c13-16(14,9-5-10-11-6-9)12-3-1-8-2-4-15-7-8/h2,4-7,12H,1,3H2,(H,10,11). The zero-order chi connectivity index (χ0) is 11.4. The first-order valence-corrected chi connectivity index (χ1v) is 7.10. The molecule has 0 unspecified atom stereocenters. The highest BCUT2D eigenvalue weighted by Gasteiger charge is 2.13. The molecule has 0 amide bonds. The van der Waals surface area contributed by atoms with Crippen molar-refractivity contribution in [1.82, 2.24) is 14.9 Å². The van der Waals surface area contributed by atoms with Crippen LogP contribution in [0.3, 0.4) is 0 Å². The Morgan fingerprint density at radius 3 is 3.00 bits per heavy atom. The predicted molar refractivity (Wildman–Crippen MR) is 61.8 cm³/mol. The van der Waals surface area contributed by atoms with E-state index >= 15 is 0 Å². The number of sulfonamides is 1. The number of hydrogen-bond donors (Lipinski definition) is 2. The molecule has 0 fully saturated rings. The number of rotatable bonds is 5. The van der Waals surface area contributed by atoms with Gasteiger partial charge in [-0.05, 0) is 28.8 Å². The van der Waals surface area contributed by atoms with Crippen molar-refractivity contribution in [3.05, 3.63) is 34.8 Å². The van der Waals surface area contributed by atoms with E-state index in [-0.39, 0.29) is 4.90 Å². The fraction of sp³-hybridized carbons (Fsp3) is 0.222. The molecule has 2 heterocycles. The van der Waals surface area contributed by atoms with E-state index in [0.29, 0.717) is 13.0 Å². The summed E-state index contributed by atoms with van der Waals surface area (Å²) in [6.45, 7) is 0.393. The van der Waals surface area contributed by atoms with Gasteiger partial charge in [0.1, 0.15) is 4.90 Å². The molecule has 0 radical (unpaired) electrons. The lowest BCUT2D eigenvalue weighted by atomic mass is 10.2. The van der Waals surface area contributed by atoms with E-state index in [9.17, 15) is 8.42 Å². The molecule has 7 heteroatoms. The first-order chi connectivity index (χ1) is 7.68. The van der Waals surface area contributed by atoms with Gasteiger partial charge in [0.15, 0.2) is 0 Å². The van der Waals surface area contributed by atoms with Gasteiger partial charge in [0.25, 0.3) is 0 Å². The summed E-state index contributed by atoms with van der Waals surface area (Å²) in [5.74, 6) is 0. The maximum Gasteiger partial charge on any atom is 0.243 e. The molecule has 0 aromatic carbocycles. The highest BCUT2D eigenvalue weighted by atomic mass is 32.2. The van der Waals surface area contributed by atoms with Crippen molar-refractivity contribution in [1.29, 1.82) is 0 Å².